The third-order valence-corrected chi connectivity index (χ3v) is 2.64. The summed E-state index contributed by atoms with van der Waals surface area (Å²) in [6.45, 7) is 3.88. The molecular weight excluding hydrogens is 248 g/mol. The minimum absolute atomic E-state index is 0.323. The molecule has 0 aliphatic rings. The first-order chi connectivity index (χ1) is 8.95. The lowest BCUT2D eigenvalue weighted by molar-refractivity contribution is -0.146. The Morgan fingerprint density at radius 3 is 2.37 bits per heavy atom. The van der Waals surface area contributed by atoms with E-state index in [1.807, 2.05) is 38.1 Å². The summed E-state index contributed by atoms with van der Waals surface area (Å²) in [5, 5.41) is 20.0. The highest BCUT2D eigenvalue weighted by molar-refractivity contribution is 5.92. The molecule has 2 amide bonds. The molecule has 104 valence electrons. The van der Waals surface area contributed by atoms with Crippen LogP contribution in [0, 0.1) is 6.92 Å². The highest BCUT2D eigenvalue weighted by Gasteiger charge is 2.17. The number of amides is 2. The van der Waals surface area contributed by atoms with Gasteiger partial charge in [-0.25, -0.2) is 9.59 Å². The lowest BCUT2D eigenvalue weighted by atomic mass is 10.2. The number of anilines is 1. The molecule has 1 aromatic rings. The van der Waals surface area contributed by atoms with Crippen molar-refractivity contribution in [2.45, 2.75) is 20.0 Å². The van der Waals surface area contributed by atoms with Gasteiger partial charge in [-0.1, -0.05) is 17.7 Å². The maximum absolute atomic E-state index is 11.9. The van der Waals surface area contributed by atoms with Gasteiger partial charge in [0.05, 0.1) is 6.54 Å². The number of benzene rings is 1. The summed E-state index contributed by atoms with van der Waals surface area (Å²) in [5.74, 6) is -1.36. The third-order valence-electron chi connectivity index (χ3n) is 2.64. The summed E-state index contributed by atoms with van der Waals surface area (Å²) in [6.07, 6.45) is -1.60. The van der Waals surface area contributed by atoms with Crippen LogP contribution in [-0.4, -0.2) is 41.4 Å². The summed E-state index contributed by atoms with van der Waals surface area (Å²) < 4.78 is 0. The van der Waals surface area contributed by atoms with Crippen molar-refractivity contribution in [1.82, 2.24) is 5.32 Å². The van der Waals surface area contributed by atoms with Crippen LogP contribution in [0.25, 0.3) is 0 Å². The number of hydrogen-bond acceptors (Lipinski definition) is 3. The van der Waals surface area contributed by atoms with Crippen LogP contribution in [-0.2, 0) is 4.79 Å². The summed E-state index contributed by atoms with van der Waals surface area (Å²) in [7, 11) is 0. The molecule has 1 atom stereocenters. The molecule has 3 N–H and O–H groups in total. The van der Waals surface area contributed by atoms with Gasteiger partial charge in [0.25, 0.3) is 0 Å². The Balaban J connectivity index is 2.67. The summed E-state index contributed by atoms with van der Waals surface area (Å²) in [6, 6.07) is 6.96. The number of carbonyl (C=O) groups excluding carboxylic acids is 1. The fourth-order valence-electron chi connectivity index (χ4n) is 1.53. The van der Waals surface area contributed by atoms with Crippen molar-refractivity contribution < 1.29 is 19.8 Å². The Morgan fingerprint density at radius 2 is 1.89 bits per heavy atom. The van der Waals surface area contributed by atoms with Crippen molar-refractivity contribution in [2.24, 2.45) is 0 Å². The van der Waals surface area contributed by atoms with Crippen LogP contribution in [0.1, 0.15) is 12.5 Å². The fourth-order valence-corrected chi connectivity index (χ4v) is 1.53. The predicted molar refractivity (Wildman–Crippen MR) is 71.2 cm³/mol. The highest BCUT2D eigenvalue weighted by atomic mass is 16.4. The van der Waals surface area contributed by atoms with Crippen LogP contribution < -0.4 is 10.2 Å². The Bertz CT molecular complexity index is 444. The Morgan fingerprint density at radius 1 is 1.32 bits per heavy atom. The first-order valence-electron chi connectivity index (χ1n) is 5.98. The van der Waals surface area contributed by atoms with E-state index in [4.69, 9.17) is 10.2 Å². The molecule has 1 aromatic carbocycles. The van der Waals surface area contributed by atoms with Gasteiger partial charge in [-0.05, 0) is 26.0 Å². The van der Waals surface area contributed by atoms with Crippen molar-refractivity contribution in [1.29, 1.82) is 0 Å². The van der Waals surface area contributed by atoms with Crippen molar-refractivity contribution in [3.05, 3.63) is 29.8 Å². The number of carbonyl (C=O) groups is 2. The van der Waals surface area contributed by atoms with Crippen molar-refractivity contribution in [3.63, 3.8) is 0 Å². The average Bonchev–Trinajstić information content (AvgIpc) is 2.38. The van der Waals surface area contributed by atoms with Crippen LogP contribution in [0.15, 0.2) is 24.3 Å². The van der Waals surface area contributed by atoms with Gasteiger partial charge in [-0.3, -0.25) is 4.90 Å². The second kappa shape index (κ2) is 6.75. The van der Waals surface area contributed by atoms with E-state index in [9.17, 15) is 9.59 Å². The number of aliphatic carboxylic acids is 1. The zero-order valence-corrected chi connectivity index (χ0v) is 11.0. The fraction of sp³-hybridized carbons (Fsp3) is 0.385. The molecule has 6 heteroatoms. The largest absolute Gasteiger partial charge is 0.479 e. The van der Waals surface area contributed by atoms with E-state index in [0.717, 1.165) is 11.3 Å². The van der Waals surface area contributed by atoms with Crippen molar-refractivity contribution in [3.8, 4) is 0 Å². The molecule has 0 unspecified atom stereocenters. The van der Waals surface area contributed by atoms with Crippen LogP contribution >= 0.6 is 0 Å². The first-order valence-corrected chi connectivity index (χ1v) is 5.98. The number of rotatable bonds is 5. The molecule has 6 nitrogen and oxygen atoms in total. The molecule has 0 aromatic heterocycles. The van der Waals surface area contributed by atoms with E-state index in [-0.39, 0.29) is 6.54 Å². The zero-order valence-electron chi connectivity index (χ0n) is 11.0. The molecular formula is C13H18N2O4. The van der Waals surface area contributed by atoms with Crippen molar-refractivity contribution >= 4 is 17.7 Å². The topological polar surface area (TPSA) is 89.9 Å². The van der Waals surface area contributed by atoms with Gasteiger partial charge in [0.2, 0.25) is 0 Å². The van der Waals surface area contributed by atoms with Crippen LogP contribution in [0.2, 0.25) is 0 Å². The minimum atomic E-state index is -1.60. The van der Waals surface area contributed by atoms with Crippen molar-refractivity contribution in [2.75, 3.05) is 18.0 Å². The number of nitrogens with zero attached hydrogens (tertiary/aromatic N) is 1. The molecule has 0 saturated heterocycles. The van der Waals surface area contributed by atoms with Crippen LogP contribution in [0.5, 0.6) is 0 Å². The molecule has 0 saturated carbocycles. The van der Waals surface area contributed by atoms with Crippen LogP contribution in [0.3, 0.4) is 0 Å². The third kappa shape index (κ3) is 4.26. The summed E-state index contributed by atoms with van der Waals surface area (Å²) in [4.78, 5) is 23.8. The zero-order chi connectivity index (χ0) is 14.4. The normalized spacial score (nSPS) is 11.7. The Kier molecular flexibility index (Phi) is 5.32. The lowest BCUT2D eigenvalue weighted by Crippen LogP contribution is -2.44. The molecule has 0 aliphatic carbocycles. The molecule has 0 spiro atoms. The SMILES string of the molecule is CCN(C(=O)NC[C@H](O)C(=O)O)c1ccc(C)cc1. The second-order valence-corrected chi connectivity index (χ2v) is 4.12. The van der Waals surface area contributed by atoms with Gasteiger partial charge in [0, 0.05) is 12.2 Å². The van der Waals surface area contributed by atoms with E-state index in [1.165, 1.54) is 4.90 Å². The highest BCUT2D eigenvalue weighted by Crippen LogP contribution is 2.14. The minimum Gasteiger partial charge on any atom is -0.479 e. The first kappa shape index (κ1) is 15.0. The number of aliphatic hydroxyl groups is 1. The molecule has 0 heterocycles. The summed E-state index contributed by atoms with van der Waals surface area (Å²) >= 11 is 0. The van der Waals surface area contributed by atoms with Gasteiger partial charge in [-0.15, -0.1) is 0 Å². The maximum atomic E-state index is 11.9. The molecule has 0 fully saturated rings. The number of aliphatic hydroxyl groups excluding tert-OH is 1. The lowest BCUT2D eigenvalue weighted by Gasteiger charge is -2.22. The predicted octanol–water partition coefficient (Wildman–Crippen LogP) is 0.976. The van der Waals surface area contributed by atoms with E-state index in [2.05, 4.69) is 5.32 Å². The second-order valence-electron chi connectivity index (χ2n) is 4.12. The van der Waals surface area contributed by atoms with Gasteiger partial charge < -0.3 is 15.5 Å². The van der Waals surface area contributed by atoms with Gasteiger partial charge >= 0.3 is 12.0 Å². The van der Waals surface area contributed by atoms with E-state index >= 15 is 0 Å². The smallest absolute Gasteiger partial charge is 0.334 e. The number of nitrogens with one attached hydrogen (secondary N) is 1. The number of urea groups is 1. The Hall–Kier alpha value is -2.08. The van der Waals surface area contributed by atoms with Gasteiger partial charge in [0.1, 0.15) is 0 Å². The molecule has 0 bridgehead atoms. The van der Waals surface area contributed by atoms with Gasteiger partial charge in [0.15, 0.2) is 6.10 Å². The standard InChI is InChI=1S/C13H18N2O4/c1-3-15(10-6-4-9(2)5-7-10)13(19)14-8-11(16)12(17)18/h4-7,11,16H,3,8H2,1-2H3,(H,14,19)(H,17,18)/t11-/m0/s1. The number of carboxylic acid groups (broad SMARTS) is 1. The van der Waals surface area contributed by atoms with E-state index in [0.29, 0.717) is 6.54 Å². The van der Waals surface area contributed by atoms with Crippen LogP contribution in [0.4, 0.5) is 10.5 Å². The van der Waals surface area contributed by atoms with E-state index < -0.39 is 18.1 Å². The quantitative estimate of drug-likeness (QED) is 0.741. The monoisotopic (exact) mass is 266 g/mol. The molecule has 19 heavy (non-hydrogen) atoms. The average molecular weight is 266 g/mol. The molecule has 0 aliphatic heterocycles. The Labute approximate surface area is 111 Å². The molecule has 0 radical (unpaired) electrons. The number of aryl methyl sites for hydroxylation is 1. The van der Waals surface area contributed by atoms with E-state index in [1.54, 1.807) is 0 Å². The summed E-state index contributed by atoms with van der Waals surface area (Å²) in [5.41, 5.74) is 1.80. The van der Waals surface area contributed by atoms with Gasteiger partial charge in [-0.2, -0.15) is 0 Å². The maximum Gasteiger partial charge on any atom is 0.334 e. The number of hydrogen-bond donors (Lipinski definition) is 3. The molecule has 1 rings (SSSR count). The number of carboxylic acids is 1.